The zero-order valence-electron chi connectivity index (χ0n) is 18.0. The van der Waals surface area contributed by atoms with E-state index >= 15 is 0 Å². The minimum Gasteiger partial charge on any atom is -0.507 e. The van der Waals surface area contributed by atoms with Crippen LogP contribution >= 0.6 is 33.9 Å². The van der Waals surface area contributed by atoms with Gasteiger partial charge in [0.2, 0.25) is 5.91 Å². The van der Waals surface area contributed by atoms with Gasteiger partial charge in [-0.05, 0) is 45.9 Å². The van der Waals surface area contributed by atoms with Crippen molar-refractivity contribution in [3.63, 3.8) is 0 Å². The molecule has 0 radical (unpaired) electrons. The molecule has 4 aromatic rings. The third kappa shape index (κ3) is 4.97. The van der Waals surface area contributed by atoms with Crippen molar-refractivity contribution in [1.82, 2.24) is 9.55 Å². The number of aromatic hydroxyl groups is 1. The Morgan fingerprint density at radius 1 is 1.18 bits per heavy atom. The van der Waals surface area contributed by atoms with E-state index in [1.807, 2.05) is 35.9 Å². The standard InChI is InChI=1S/C24H20IN3O5S/c1-28-18-12-19(30)17(23(32)33)11-16(18)21(25)22(28)14-4-2-3-13(9-14)10-15(29)5-6-20(31)27-24-26-7-8-34-24/h2-4,7-9,11-12,30H,5-6,10H2,1H3,(H,32,33)(H,26,27,31). The zero-order chi connectivity index (χ0) is 24.4. The van der Waals surface area contributed by atoms with Gasteiger partial charge in [-0.1, -0.05) is 18.2 Å². The molecule has 0 fully saturated rings. The van der Waals surface area contributed by atoms with E-state index in [1.54, 1.807) is 11.6 Å². The van der Waals surface area contributed by atoms with Crippen LogP contribution < -0.4 is 5.32 Å². The zero-order valence-corrected chi connectivity index (χ0v) is 21.0. The number of aryl methyl sites for hydroxylation is 1. The molecule has 4 rings (SSSR count). The van der Waals surface area contributed by atoms with Gasteiger partial charge in [0.15, 0.2) is 5.13 Å². The molecule has 0 saturated heterocycles. The number of hydrogen-bond donors (Lipinski definition) is 3. The number of carboxylic acid groups (broad SMARTS) is 1. The molecule has 0 spiro atoms. The predicted molar refractivity (Wildman–Crippen MR) is 138 cm³/mol. The number of carboxylic acids is 1. The average Bonchev–Trinajstić information content (AvgIpc) is 3.38. The van der Waals surface area contributed by atoms with Crippen molar-refractivity contribution in [3.05, 3.63) is 62.7 Å². The fourth-order valence-corrected chi connectivity index (χ4v) is 5.43. The van der Waals surface area contributed by atoms with Crippen LogP contribution in [0.2, 0.25) is 0 Å². The maximum Gasteiger partial charge on any atom is 0.339 e. The Kier molecular flexibility index (Phi) is 6.98. The van der Waals surface area contributed by atoms with Gasteiger partial charge in [-0.3, -0.25) is 9.59 Å². The molecular formula is C24H20IN3O5S. The summed E-state index contributed by atoms with van der Waals surface area (Å²) in [6.07, 6.45) is 2.02. The highest BCUT2D eigenvalue weighted by molar-refractivity contribution is 14.1. The maximum atomic E-state index is 12.5. The van der Waals surface area contributed by atoms with Crippen LogP contribution in [0.5, 0.6) is 5.75 Å². The summed E-state index contributed by atoms with van der Waals surface area (Å²) in [5.74, 6) is -1.77. The van der Waals surface area contributed by atoms with Crippen LogP contribution in [0.15, 0.2) is 48.0 Å². The molecule has 2 aromatic heterocycles. The monoisotopic (exact) mass is 589 g/mol. The predicted octanol–water partition coefficient (Wildman–Crippen LogP) is 4.84. The van der Waals surface area contributed by atoms with E-state index in [0.29, 0.717) is 10.6 Å². The quantitative estimate of drug-likeness (QED) is 0.253. The number of phenols is 1. The Hall–Kier alpha value is -3.25. The first-order valence-corrected chi connectivity index (χ1v) is 12.2. The average molecular weight is 589 g/mol. The number of carbonyl (C=O) groups excluding carboxylic acids is 2. The number of Topliss-reactive ketones (excluding diaryl/α,β-unsaturated/α-hetero) is 1. The van der Waals surface area contributed by atoms with E-state index < -0.39 is 5.97 Å². The number of anilines is 1. The van der Waals surface area contributed by atoms with Gasteiger partial charge in [-0.15, -0.1) is 11.3 Å². The number of nitrogens with zero attached hydrogens (tertiary/aromatic N) is 2. The van der Waals surface area contributed by atoms with Gasteiger partial charge < -0.3 is 20.1 Å². The Balaban J connectivity index is 1.52. The summed E-state index contributed by atoms with van der Waals surface area (Å²) >= 11 is 3.49. The second-order valence-electron chi connectivity index (χ2n) is 7.71. The molecule has 2 aromatic carbocycles. The van der Waals surface area contributed by atoms with Gasteiger partial charge in [0, 0.05) is 52.9 Å². The summed E-state index contributed by atoms with van der Waals surface area (Å²) in [6, 6.07) is 10.5. The van der Waals surface area contributed by atoms with Crippen molar-refractivity contribution in [2.24, 2.45) is 7.05 Å². The van der Waals surface area contributed by atoms with Crippen LogP contribution in [-0.4, -0.2) is 37.4 Å². The van der Waals surface area contributed by atoms with Crippen molar-refractivity contribution in [2.45, 2.75) is 19.3 Å². The highest BCUT2D eigenvalue weighted by atomic mass is 127. The summed E-state index contributed by atoms with van der Waals surface area (Å²) < 4.78 is 2.74. The minimum absolute atomic E-state index is 0.0470. The summed E-state index contributed by atoms with van der Waals surface area (Å²) in [5, 5.41) is 25.1. The number of ketones is 1. The van der Waals surface area contributed by atoms with Gasteiger partial charge in [0.1, 0.15) is 17.1 Å². The number of aromatic nitrogens is 2. The molecule has 0 atom stereocenters. The van der Waals surface area contributed by atoms with E-state index in [9.17, 15) is 24.6 Å². The summed E-state index contributed by atoms with van der Waals surface area (Å²) in [7, 11) is 1.85. The number of halogens is 1. The van der Waals surface area contributed by atoms with Crippen molar-refractivity contribution >= 4 is 67.6 Å². The van der Waals surface area contributed by atoms with Crippen LogP contribution in [0, 0.1) is 3.57 Å². The minimum atomic E-state index is -1.19. The lowest BCUT2D eigenvalue weighted by atomic mass is 10.0. The van der Waals surface area contributed by atoms with E-state index in [-0.39, 0.29) is 42.3 Å². The molecule has 3 N–H and O–H groups in total. The van der Waals surface area contributed by atoms with Gasteiger partial charge in [-0.2, -0.15) is 0 Å². The molecule has 8 nitrogen and oxygen atoms in total. The lowest BCUT2D eigenvalue weighted by Gasteiger charge is -2.08. The van der Waals surface area contributed by atoms with Crippen molar-refractivity contribution in [2.75, 3.05) is 5.32 Å². The van der Waals surface area contributed by atoms with Crippen molar-refractivity contribution < 1.29 is 24.6 Å². The van der Waals surface area contributed by atoms with Crippen LogP contribution in [0.25, 0.3) is 22.2 Å². The Morgan fingerprint density at radius 3 is 2.68 bits per heavy atom. The third-order valence-corrected chi connectivity index (χ3v) is 7.18. The number of rotatable bonds is 8. The van der Waals surface area contributed by atoms with E-state index in [2.05, 4.69) is 32.9 Å². The molecular weight excluding hydrogens is 569 g/mol. The number of hydrogen-bond acceptors (Lipinski definition) is 6. The van der Waals surface area contributed by atoms with Gasteiger partial charge >= 0.3 is 5.97 Å². The lowest BCUT2D eigenvalue weighted by molar-refractivity contribution is -0.122. The second kappa shape index (κ2) is 9.94. The Morgan fingerprint density at radius 2 is 1.97 bits per heavy atom. The summed E-state index contributed by atoms with van der Waals surface area (Å²) in [5.41, 5.74) is 3.09. The molecule has 0 aliphatic heterocycles. The number of carbonyl (C=O) groups is 3. The molecule has 0 aliphatic carbocycles. The first kappa shape index (κ1) is 23.9. The van der Waals surface area contributed by atoms with Crippen LogP contribution in [0.3, 0.4) is 0 Å². The van der Waals surface area contributed by atoms with Crippen LogP contribution in [0.4, 0.5) is 5.13 Å². The largest absolute Gasteiger partial charge is 0.507 e. The maximum absolute atomic E-state index is 12.5. The van der Waals surface area contributed by atoms with Gasteiger partial charge in [-0.25, -0.2) is 9.78 Å². The summed E-state index contributed by atoms with van der Waals surface area (Å²) in [4.78, 5) is 39.9. The van der Waals surface area contributed by atoms with Crippen LogP contribution in [0.1, 0.15) is 28.8 Å². The molecule has 0 aliphatic rings. The Labute approximate surface area is 212 Å². The fourth-order valence-electron chi connectivity index (χ4n) is 3.78. The molecule has 174 valence electrons. The number of thiazole rings is 1. The van der Waals surface area contributed by atoms with Crippen LogP contribution in [-0.2, 0) is 23.1 Å². The van der Waals surface area contributed by atoms with E-state index in [1.165, 1.54) is 23.5 Å². The van der Waals surface area contributed by atoms with Gasteiger partial charge in [0.25, 0.3) is 0 Å². The van der Waals surface area contributed by atoms with E-state index in [0.717, 1.165) is 25.8 Å². The number of aromatic carboxylic acids is 1. The molecule has 10 heteroatoms. The second-order valence-corrected chi connectivity index (χ2v) is 9.69. The Bertz CT molecular complexity index is 1410. The summed E-state index contributed by atoms with van der Waals surface area (Å²) in [6.45, 7) is 0. The van der Waals surface area contributed by atoms with E-state index in [4.69, 9.17) is 0 Å². The number of benzene rings is 2. The van der Waals surface area contributed by atoms with Crippen molar-refractivity contribution in [1.29, 1.82) is 0 Å². The first-order valence-electron chi connectivity index (χ1n) is 10.3. The first-order chi connectivity index (χ1) is 16.2. The number of amides is 1. The highest BCUT2D eigenvalue weighted by Gasteiger charge is 2.20. The van der Waals surface area contributed by atoms with Crippen molar-refractivity contribution in [3.8, 4) is 17.0 Å². The molecule has 0 bridgehead atoms. The molecule has 2 heterocycles. The molecule has 34 heavy (non-hydrogen) atoms. The SMILES string of the molecule is Cn1c(-c2cccc(CC(=O)CCC(=O)Nc3nccs3)c2)c(I)c2cc(C(=O)O)c(O)cc21. The number of nitrogens with one attached hydrogen (secondary N) is 1. The molecule has 0 saturated carbocycles. The lowest BCUT2D eigenvalue weighted by Crippen LogP contribution is -2.14. The normalized spacial score (nSPS) is 11.0. The number of fused-ring (bicyclic) bond motifs is 1. The topological polar surface area (TPSA) is 122 Å². The fraction of sp³-hybridized carbons (Fsp3) is 0.167. The smallest absolute Gasteiger partial charge is 0.339 e. The molecule has 1 amide bonds. The highest BCUT2D eigenvalue weighted by Crippen LogP contribution is 2.37. The molecule has 0 unspecified atom stereocenters. The third-order valence-electron chi connectivity index (χ3n) is 5.40. The van der Waals surface area contributed by atoms with Gasteiger partial charge in [0.05, 0.1) is 11.2 Å².